The van der Waals surface area contributed by atoms with Crippen molar-refractivity contribution in [2.75, 3.05) is 11.9 Å². The number of amides is 1. The number of aromatic nitrogens is 2. The summed E-state index contributed by atoms with van der Waals surface area (Å²) in [6.45, 7) is 0.574. The maximum Gasteiger partial charge on any atom is 0.270 e. The maximum atomic E-state index is 12.3. The number of aryl methyl sites for hydroxylation is 1. The van der Waals surface area contributed by atoms with Crippen LogP contribution in [0, 0.1) is 11.3 Å². The van der Waals surface area contributed by atoms with Gasteiger partial charge in [0, 0.05) is 18.3 Å². The minimum Gasteiger partial charge on any atom is -0.351 e. The quantitative estimate of drug-likeness (QED) is 0.632. The van der Waals surface area contributed by atoms with E-state index in [0.717, 1.165) is 18.5 Å². The Morgan fingerprint density at radius 1 is 1.04 bits per heavy atom. The zero-order chi connectivity index (χ0) is 18.9. The SMILES string of the molecule is N#Cc1cccc(Nc2cc(C(=O)NCCCc3ccccc3)ncn2)c1. The molecule has 1 heterocycles. The molecule has 0 saturated heterocycles. The van der Waals surface area contributed by atoms with Crippen LogP contribution in [0.1, 0.15) is 28.0 Å². The van der Waals surface area contributed by atoms with Crippen molar-refractivity contribution in [3.05, 3.63) is 83.8 Å². The average molecular weight is 357 g/mol. The molecule has 0 bridgehead atoms. The van der Waals surface area contributed by atoms with Crippen LogP contribution in [0.2, 0.25) is 0 Å². The number of hydrogen-bond donors (Lipinski definition) is 2. The molecular weight excluding hydrogens is 338 g/mol. The summed E-state index contributed by atoms with van der Waals surface area (Å²) < 4.78 is 0. The number of nitrogens with one attached hydrogen (secondary N) is 2. The smallest absolute Gasteiger partial charge is 0.270 e. The summed E-state index contributed by atoms with van der Waals surface area (Å²) in [4.78, 5) is 20.4. The molecule has 0 aliphatic rings. The van der Waals surface area contributed by atoms with Gasteiger partial charge in [0.15, 0.2) is 0 Å². The number of carbonyl (C=O) groups is 1. The van der Waals surface area contributed by atoms with Gasteiger partial charge in [-0.05, 0) is 36.6 Å². The lowest BCUT2D eigenvalue weighted by atomic mass is 10.1. The van der Waals surface area contributed by atoms with Gasteiger partial charge in [-0.2, -0.15) is 5.26 Å². The van der Waals surface area contributed by atoms with Crippen molar-refractivity contribution in [2.45, 2.75) is 12.8 Å². The Morgan fingerprint density at radius 3 is 2.70 bits per heavy atom. The van der Waals surface area contributed by atoms with Gasteiger partial charge < -0.3 is 10.6 Å². The number of carbonyl (C=O) groups excluding carboxylic acids is 1. The van der Waals surface area contributed by atoms with Crippen molar-refractivity contribution in [1.29, 1.82) is 5.26 Å². The second-order valence-electron chi connectivity index (χ2n) is 5.95. The molecule has 0 aliphatic heterocycles. The van der Waals surface area contributed by atoms with E-state index in [1.165, 1.54) is 11.9 Å². The number of nitriles is 1. The minimum absolute atomic E-state index is 0.237. The van der Waals surface area contributed by atoms with E-state index in [1.54, 1.807) is 24.3 Å². The molecular formula is C21H19N5O. The molecule has 3 aromatic rings. The van der Waals surface area contributed by atoms with Crippen LogP contribution in [0.4, 0.5) is 11.5 Å². The molecule has 1 aromatic heterocycles. The third kappa shape index (κ3) is 5.38. The van der Waals surface area contributed by atoms with Gasteiger partial charge >= 0.3 is 0 Å². The monoisotopic (exact) mass is 357 g/mol. The van der Waals surface area contributed by atoms with Crippen LogP contribution in [0.3, 0.4) is 0 Å². The highest BCUT2D eigenvalue weighted by atomic mass is 16.1. The fourth-order valence-electron chi connectivity index (χ4n) is 2.59. The van der Waals surface area contributed by atoms with Gasteiger partial charge in [0.1, 0.15) is 17.8 Å². The molecule has 6 nitrogen and oxygen atoms in total. The summed E-state index contributed by atoms with van der Waals surface area (Å²) in [6.07, 6.45) is 3.11. The van der Waals surface area contributed by atoms with E-state index in [2.05, 4.69) is 38.8 Å². The first-order valence-electron chi connectivity index (χ1n) is 8.66. The van der Waals surface area contributed by atoms with Crippen molar-refractivity contribution >= 4 is 17.4 Å². The van der Waals surface area contributed by atoms with Crippen LogP contribution in [-0.4, -0.2) is 22.4 Å². The van der Waals surface area contributed by atoms with Crippen molar-refractivity contribution in [3.8, 4) is 6.07 Å². The third-order valence-electron chi connectivity index (χ3n) is 3.93. The summed E-state index contributed by atoms with van der Waals surface area (Å²) in [5.74, 6) is 0.258. The van der Waals surface area contributed by atoms with Crippen LogP contribution in [0.15, 0.2) is 67.0 Å². The lowest BCUT2D eigenvalue weighted by Crippen LogP contribution is -2.25. The van der Waals surface area contributed by atoms with E-state index in [4.69, 9.17) is 5.26 Å². The van der Waals surface area contributed by atoms with Gasteiger partial charge in [0.2, 0.25) is 0 Å². The molecule has 6 heteroatoms. The molecule has 2 N–H and O–H groups in total. The lowest BCUT2D eigenvalue weighted by Gasteiger charge is -2.08. The van der Waals surface area contributed by atoms with Crippen molar-refractivity contribution in [2.24, 2.45) is 0 Å². The van der Waals surface area contributed by atoms with Gasteiger partial charge in [-0.3, -0.25) is 4.79 Å². The molecule has 134 valence electrons. The molecule has 0 radical (unpaired) electrons. The van der Waals surface area contributed by atoms with Gasteiger partial charge in [0.05, 0.1) is 11.6 Å². The van der Waals surface area contributed by atoms with Crippen molar-refractivity contribution in [1.82, 2.24) is 15.3 Å². The highest BCUT2D eigenvalue weighted by Crippen LogP contribution is 2.16. The summed E-state index contributed by atoms with van der Waals surface area (Å²) >= 11 is 0. The fraction of sp³-hybridized carbons (Fsp3) is 0.143. The van der Waals surface area contributed by atoms with Crippen molar-refractivity contribution < 1.29 is 4.79 Å². The van der Waals surface area contributed by atoms with E-state index in [-0.39, 0.29) is 5.91 Å². The first-order valence-corrected chi connectivity index (χ1v) is 8.66. The molecule has 0 spiro atoms. The van der Waals surface area contributed by atoms with Crippen LogP contribution < -0.4 is 10.6 Å². The second kappa shape index (κ2) is 9.11. The van der Waals surface area contributed by atoms with Crippen LogP contribution in [0.5, 0.6) is 0 Å². The molecule has 0 fully saturated rings. The van der Waals surface area contributed by atoms with E-state index in [9.17, 15) is 4.79 Å². The lowest BCUT2D eigenvalue weighted by molar-refractivity contribution is 0.0948. The molecule has 0 saturated carbocycles. The topological polar surface area (TPSA) is 90.7 Å². The van der Waals surface area contributed by atoms with Crippen LogP contribution >= 0.6 is 0 Å². The summed E-state index contributed by atoms with van der Waals surface area (Å²) in [5.41, 5.74) is 2.82. The molecule has 1 amide bonds. The molecule has 27 heavy (non-hydrogen) atoms. The van der Waals surface area contributed by atoms with E-state index < -0.39 is 0 Å². The summed E-state index contributed by atoms with van der Waals surface area (Å²) in [5, 5.41) is 14.9. The number of benzene rings is 2. The number of nitrogens with zero attached hydrogens (tertiary/aromatic N) is 3. The van der Waals surface area contributed by atoms with Crippen LogP contribution in [0.25, 0.3) is 0 Å². The molecule has 2 aromatic carbocycles. The zero-order valence-electron chi connectivity index (χ0n) is 14.7. The van der Waals surface area contributed by atoms with E-state index in [0.29, 0.717) is 23.6 Å². The Kier molecular flexibility index (Phi) is 6.10. The molecule has 3 rings (SSSR count). The molecule has 0 aliphatic carbocycles. The van der Waals surface area contributed by atoms with Gasteiger partial charge in [0.25, 0.3) is 5.91 Å². The Balaban J connectivity index is 1.54. The number of hydrogen-bond acceptors (Lipinski definition) is 5. The van der Waals surface area contributed by atoms with Gasteiger partial charge in [-0.15, -0.1) is 0 Å². The third-order valence-corrected chi connectivity index (χ3v) is 3.93. The standard InChI is InChI=1S/C21H19N5O/c22-14-17-8-4-10-18(12-17)26-20-13-19(24-15-25-20)21(27)23-11-5-9-16-6-2-1-3-7-16/h1-4,6-8,10,12-13,15H,5,9,11H2,(H,23,27)(H,24,25,26). The van der Waals surface area contributed by atoms with E-state index >= 15 is 0 Å². The maximum absolute atomic E-state index is 12.3. The highest BCUT2D eigenvalue weighted by molar-refractivity contribution is 5.92. The Bertz CT molecular complexity index is 950. The van der Waals surface area contributed by atoms with E-state index in [1.807, 2.05) is 24.3 Å². The average Bonchev–Trinajstić information content (AvgIpc) is 2.72. The molecule has 0 atom stereocenters. The van der Waals surface area contributed by atoms with Gasteiger partial charge in [-0.1, -0.05) is 36.4 Å². The predicted octanol–water partition coefficient (Wildman–Crippen LogP) is 3.45. The van der Waals surface area contributed by atoms with Crippen LogP contribution in [-0.2, 0) is 6.42 Å². The predicted molar refractivity (Wildman–Crippen MR) is 104 cm³/mol. The van der Waals surface area contributed by atoms with Crippen molar-refractivity contribution in [3.63, 3.8) is 0 Å². The second-order valence-corrected chi connectivity index (χ2v) is 5.95. The Hall–Kier alpha value is -3.72. The Labute approximate surface area is 157 Å². The summed E-state index contributed by atoms with van der Waals surface area (Å²) in [6, 6.07) is 20.9. The zero-order valence-corrected chi connectivity index (χ0v) is 14.7. The Morgan fingerprint density at radius 2 is 1.89 bits per heavy atom. The normalized spacial score (nSPS) is 10.0. The number of anilines is 2. The molecule has 0 unspecified atom stereocenters. The fourth-order valence-corrected chi connectivity index (χ4v) is 2.59. The number of rotatable bonds is 7. The highest BCUT2D eigenvalue weighted by Gasteiger charge is 2.08. The summed E-state index contributed by atoms with van der Waals surface area (Å²) in [7, 11) is 0. The minimum atomic E-state index is -0.237. The first-order chi connectivity index (χ1) is 13.2. The van der Waals surface area contributed by atoms with Gasteiger partial charge in [-0.25, -0.2) is 9.97 Å². The largest absolute Gasteiger partial charge is 0.351 e. The first kappa shape index (κ1) is 18.1.